The number of carbonyl (C=O) groups is 1. The predicted octanol–water partition coefficient (Wildman–Crippen LogP) is 2.84. The molecule has 0 saturated carbocycles. The van der Waals surface area contributed by atoms with Gasteiger partial charge in [0.1, 0.15) is 11.9 Å². The van der Waals surface area contributed by atoms with Crippen LogP contribution in [0.5, 0.6) is 5.75 Å². The second kappa shape index (κ2) is 9.63. The molecule has 2 saturated heterocycles. The maximum absolute atomic E-state index is 11.4. The number of aliphatic hydroxyl groups is 1. The molecule has 0 atom stereocenters. The van der Waals surface area contributed by atoms with Crippen molar-refractivity contribution in [1.29, 1.82) is 0 Å². The number of esters is 1. The second-order valence-electron chi connectivity index (χ2n) is 7.75. The fourth-order valence-electron chi connectivity index (χ4n) is 3.88. The van der Waals surface area contributed by atoms with E-state index in [2.05, 4.69) is 4.90 Å². The van der Waals surface area contributed by atoms with E-state index in [-0.39, 0.29) is 12.1 Å². The minimum atomic E-state index is -0.690. The van der Waals surface area contributed by atoms with E-state index in [0.717, 1.165) is 31.7 Å². The molecule has 0 radical (unpaired) electrons. The Morgan fingerprint density at radius 2 is 1.82 bits per heavy atom. The maximum Gasteiger partial charge on any atom is 0.319 e. The molecule has 2 aliphatic heterocycles. The first kappa shape index (κ1) is 21.7. The molecule has 2 fully saturated rings. The first-order valence-corrected chi connectivity index (χ1v) is 10.5. The normalized spacial score (nSPS) is 21.4. The smallest absolute Gasteiger partial charge is 0.319 e. The van der Waals surface area contributed by atoms with Crippen LogP contribution in [0.2, 0.25) is 10.0 Å². The van der Waals surface area contributed by atoms with Crippen LogP contribution in [0, 0.1) is 0 Å². The third kappa shape index (κ3) is 5.97. The number of halogens is 2. The molecule has 0 aliphatic carbocycles. The minimum Gasteiger partial charge on any atom is -0.490 e. The van der Waals surface area contributed by atoms with Crippen molar-refractivity contribution < 1.29 is 19.4 Å². The van der Waals surface area contributed by atoms with Gasteiger partial charge in [0.15, 0.2) is 0 Å². The van der Waals surface area contributed by atoms with E-state index in [0.29, 0.717) is 49.1 Å². The molecular weight excluding hydrogens is 403 g/mol. The van der Waals surface area contributed by atoms with Crippen molar-refractivity contribution in [2.45, 2.75) is 37.4 Å². The van der Waals surface area contributed by atoms with Crippen LogP contribution in [-0.2, 0) is 9.53 Å². The topological polar surface area (TPSA) is 62.2 Å². The number of ether oxygens (including phenoxy) is 2. The second-order valence-corrected chi connectivity index (χ2v) is 8.56. The number of β-amino-alcohol motifs (C(OH)–C–C–N with tert-alkyl or cyclic N) is 1. The van der Waals surface area contributed by atoms with Gasteiger partial charge in [-0.15, -0.1) is 0 Å². The highest BCUT2D eigenvalue weighted by atomic mass is 35.5. The molecule has 0 bridgehead atoms. The number of hydrogen-bond donors (Lipinski definition) is 1. The van der Waals surface area contributed by atoms with Gasteiger partial charge in [0.2, 0.25) is 0 Å². The summed E-state index contributed by atoms with van der Waals surface area (Å²) in [5, 5.41) is 12.0. The Balaban J connectivity index is 1.41. The predicted molar refractivity (Wildman–Crippen MR) is 109 cm³/mol. The van der Waals surface area contributed by atoms with Crippen molar-refractivity contribution in [2.24, 2.45) is 0 Å². The Morgan fingerprint density at radius 1 is 1.14 bits per heavy atom. The lowest BCUT2D eigenvalue weighted by Gasteiger charge is -2.42. The van der Waals surface area contributed by atoms with Crippen LogP contribution >= 0.6 is 23.2 Å². The molecule has 28 heavy (non-hydrogen) atoms. The van der Waals surface area contributed by atoms with E-state index in [1.165, 1.54) is 7.11 Å². The van der Waals surface area contributed by atoms with E-state index in [1.807, 2.05) is 11.0 Å². The average molecular weight is 431 g/mol. The highest BCUT2D eigenvalue weighted by Crippen LogP contribution is 2.29. The number of piperidine rings is 2. The largest absolute Gasteiger partial charge is 0.490 e. The molecule has 0 unspecified atom stereocenters. The lowest BCUT2D eigenvalue weighted by atomic mass is 9.90. The van der Waals surface area contributed by atoms with Crippen molar-refractivity contribution in [3.05, 3.63) is 28.2 Å². The van der Waals surface area contributed by atoms with Crippen LogP contribution in [0.4, 0.5) is 0 Å². The van der Waals surface area contributed by atoms with E-state index < -0.39 is 5.60 Å². The summed E-state index contributed by atoms with van der Waals surface area (Å²) in [6, 6.07) is 5.34. The van der Waals surface area contributed by atoms with Gasteiger partial charge >= 0.3 is 5.97 Å². The highest BCUT2D eigenvalue weighted by Gasteiger charge is 2.35. The standard InChI is InChI=1S/C20H28Cl2N2O4/c1-27-19(25)13-23-10-6-20(26,7-11-23)14-24-8-4-15(5-9-24)28-16-2-3-17(21)18(22)12-16/h2-3,12,15,26H,4-11,13-14H2,1H3. The SMILES string of the molecule is COC(=O)CN1CCC(O)(CN2CCC(Oc3ccc(Cl)c(Cl)c3)CC2)CC1. The number of likely N-dealkylation sites (tertiary alicyclic amines) is 2. The summed E-state index contributed by atoms with van der Waals surface area (Å²) in [6.07, 6.45) is 3.30. The number of rotatable bonds is 6. The lowest BCUT2D eigenvalue weighted by Crippen LogP contribution is -2.53. The van der Waals surface area contributed by atoms with Gasteiger partial charge in [0, 0.05) is 38.8 Å². The maximum atomic E-state index is 11.4. The first-order chi connectivity index (χ1) is 13.4. The molecule has 0 spiro atoms. The van der Waals surface area contributed by atoms with Crippen molar-refractivity contribution in [3.8, 4) is 5.75 Å². The molecular formula is C20H28Cl2N2O4. The molecule has 1 aromatic rings. The van der Waals surface area contributed by atoms with E-state index in [9.17, 15) is 9.90 Å². The molecule has 2 aliphatic rings. The van der Waals surface area contributed by atoms with Crippen molar-refractivity contribution in [1.82, 2.24) is 9.80 Å². The van der Waals surface area contributed by atoms with E-state index in [1.54, 1.807) is 12.1 Å². The summed E-state index contributed by atoms with van der Waals surface area (Å²) in [4.78, 5) is 15.7. The van der Waals surface area contributed by atoms with E-state index >= 15 is 0 Å². The van der Waals surface area contributed by atoms with Gasteiger partial charge in [0.25, 0.3) is 0 Å². The monoisotopic (exact) mass is 430 g/mol. The van der Waals surface area contributed by atoms with Gasteiger partial charge in [-0.3, -0.25) is 9.69 Å². The number of hydrogen-bond acceptors (Lipinski definition) is 6. The summed E-state index contributed by atoms with van der Waals surface area (Å²) < 4.78 is 10.7. The van der Waals surface area contributed by atoms with Crippen molar-refractivity contribution in [2.75, 3.05) is 46.4 Å². The average Bonchev–Trinajstić information content (AvgIpc) is 2.68. The molecule has 6 nitrogen and oxygen atoms in total. The minimum absolute atomic E-state index is 0.144. The Bertz CT molecular complexity index is 672. The zero-order chi connectivity index (χ0) is 20.1. The zero-order valence-corrected chi connectivity index (χ0v) is 17.7. The molecule has 1 aromatic carbocycles. The molecule has 2 heterocycles. The van der Waals surface area contributed by atoms with Gasteiger partial charge in [-0.05, 0) is 37.8 Å². The summed E-state index contributed by atoms with van der Waals surface area (Å²) in [6.45, 7) is 4.16. The Labute approximate surface area is 176 Å². The fraction of sp³-hybridized carbons (Fsp3) is 0.650. The van der Waals surface area contributed by atoms with E-state index in [4.69, 9.17) is 32.7 Å². The quantitative estimate of drug-likeness (QED) is 0.700. The van der Waals surface area contributed by atoms with Gasteiger partial charge < -0.3 is 19.5 Å². The molecule has 1 N–H and O–H groups in total. The van der Waals surface area contributed by atoms with Gasteiger partial charge in [-0.2, -0.15) is 0 Å². The Kier molecular flexibility index (Phi) is 7.45. The Hall–Kier alpha value is -1.05. The van der Waals surface area contributed by atoms with Crippen LogP contribution in [0.25, 0.3) is 0 Å². The van der Waals surface area contributed by atoms with Crippen LogP contribution in [0.3, 0.4) is 0 Å². The lowest BCUT2D eigenvalue weighted by molar-refractivity contribution is -0.143. The van der Waals surface area contributed by atoms with Gasteiger partial charge in [-0.25, -0.2) is 0 Å². The number of methoxy groups -OCH3 is 1. The van der Waals surface area contributed by atoms with Crippen LogP contribution < -0.4 is 4.74 Å². The summed E-state index contributed by atoms with van der Waals surface area (Å²) in [5.74, 6) is 0.513. The summed E-state index contributed by atoms with van der Waals surface area (Å²) in [5.41, 5.74) is -0.690. The number of benzene rings is 1. The third-order valence-corrected chi connectivity index (χ3v) is 6.35. The number of nitrogens with zero attached hydrogens (tertiary/aromatic N) is 2. The van der Waals surface area contributed by atoms with Crippen LogP contribution in [-0.4, -0.2) is 79.0 Å². The first-order valence-electron chi connectivity index (χ1n) is 9.72. The molecule has 8 heteroatoms. The molecule has 0 aromatic heterocycles. The molecule has 156 valence electrons. The van der Waals surface area contributed by atoms with Crippen molar-refractivity contribution in [3.63, 3.8) is 0 Å². The molecule has 0 amide bonds. The van der Waals surface area contributed by atoms with Crippen molar-refractivity contribution >= 4 is 29.2 Å². The Morgan fingerprint density at radius 3 is 2.43 bits per heavy atom. The zero-order valence-electron chi connectivity index (χ0n) is 16.2. The molecule has 3 rings (SSSR count). The summed E-state index contributed by atoms with van der Waals surface area (Å²) in [7, 11) is 1.40. The van der Waals surface area contributed by atoms with Crippen LogP contribution in [0.15, 0.2) is 18.2 Å². The fourth-order valence-corrected chi connectivity index (χ4v) is 4.16. The number of carbonyl (C=O) groups excluding carboxylic acids is 1. The van der Waals surface area contributed by atoms with Gasteiger partial charge in [0.05, 0.1) is 29.3 Å². The highest BCUT2D eigenvalue weighted by molar-refractivity contribution is 6.42. The summed E-state index contributed by atoms with van der Waals surface area (Å²) >= 11 is 12.0. The van der Waals surface area contributed by atoms with Crippen LogP contribution in [0.1, 0.15) is 25.7 Å². The third-order valence-electron chi connectivity index (χ3n) is 5.61. The van der Waals surface area contributed by atoms with Gasteiger partial charge in [-0.1, -0.05) is 23.2 Å².